The smallest absolute Gasteiger partial charge is 0.222 e. The van der Waals surface area contributed by atoms with Crippen molar-refractivity contribution in [2.24, 2.45) is 0 Å². The number of rotatable bonds is 5. The molecule has 0 aromatic heterocycles. The molecular formula is C20H31NO3. The average molecular weight is 333 g/mol. The maximum Gasteiger partial charge on any atom is 0.222 e. The maximum atomic E-state index is 12.4. The minimum atomic E-state index is -0.514. The van der Waals surface area contributed by atoms with Crippen molar-refractivity contribution in [3.8, 4) is 0 Å². The summed E-state index contributed by atoms with van der Waals surface area (Å²) in [7, 11) is 3.34. The van der Waals surface area contributed by atoms with E-state index in [2.05, 4.69) is 45.0 Å². The number of hydrogen-bond acceptors (Lipinski definition) is 3. The molecule has 4 nitrogen and oxygen atoms in total. The molecule has 0 spiro atoms. The Morgan fingerprint density at radius 3 is 2.08 bits per heavy atom. The van der Waals surface area contributed by atoms with Crippen LogP contribution in [0.1, 0.15) is 51.2 Å². The Bertz CT molecular complexity index is 531. The number of methoxy groups -OCH3 is 2. The molecule has 1 aliphatic rings. The molecule has 1 fully saturated rings. The van der Waals surface area contributed by atoms with E-state index in [1.54, 1.807) is 14.2 Å². The van der Waals surface area contributed by atoms with Crippen LogP contribution < -0.4 is 0 Å². The normalized spacial score (nSPS) is 17.8. The van der Waals surface area contributed by atoms with Gasteiger partial charge in [0.1, 0.15) is 0 Å². The van der Waals surface area contributed by atoms with Crippen molar-refractivity contribution < 1.29 is 14.3 Å². The Labute approximate surface area is 146 Å². The van der Waals surface area contributed by atoms with Gasteiger partial charge in [0, 0.05) is 46.6 Å². The molecule has 0 unspecified atom stereocenters. The summed E-state index contributed by atoms with van der Waals surface area (Å²) in [5.74, 6) is -0.296. The summed E-state index contributed by atoms with van der Waals surface area (Å²) >= 11 is 0. The van der Waals surface area contributed by atoms with Crippen LogP contribution in [-0.4, -0.2) is 43.9 Å². The van der Waals surface area contributed by atoms with Crippen molar-refractivity contribution >= 4 is 5.91 Å². The highest BCUT2D eigenvalue weighted by atomic mass is 16.7. The molecule has 1 aromatic carbocycles. The largest absolute Gasteiger partial charge is 0.353 e. The van der Waals surface area contributed by atoms with Crippen LogP contribution in [0.4, 0.5) is 0 Å². The highest BCUT2D eigenvalue weighted by molar-refractivity contribution is 5.76. The zero-order chi connectivity index (χ0) is 17.8. The zero-order valence-corrected chi connectivity index (χ0v) is 15.7. The lowest BCUT2D eigenvalue weighted by molar-refractivity contribution is -0.228. The second-order valence-electron chi connectivity index (χ2n) is 7.65. The van der Waals surface area contributed by atoms with E-state index in [0.717, 1.165) is 19.3 Å². The molecule has 134 valence electrons. The zero-order valence-electron chi connectivity index (χ0n) is 15.7. The van der Waals surface area contributed by atoms with E-state index in [1.165, 1.54) is 11.1 Å². The number of hydrogen-bond donors (Lipinski definition) is 0. The summed E-state index contributed by atoms with van der Waals surface area (Å²) in [6, 6.07) is 8.63. The molecule has 0 bridgehead atoms. The number of carbonyl (C=O) groups is 1. The number of ether oxygens (including phenoxy) is 2. The van der Waals surface area contributed by atoms with E-state index in [4.69, 9.17) is 9.47 Å². The van der Waals surface area contributed by atoms with E-state index in [9.17, 15) is 4.79 Å². The van der Waals surface area contributed by atoms with Gasteiger partial charge in [-0.25, -0.2) is 0 Å². The molecule has 1 amide bonds. The van der Waals surface area contributed by atoms with Crippen LogP contribution >= 0.6 is 0 Å². The third-order valence-electron chi connectivity index (χ3n) is 5.07. The van der Waals surface area contributed by atoms with Crippen LogP contribution in [0.25, 0.3) is 0 Å². The maximum absolute atomic E-state index is 12.4. The van der Waals surface area contributed by atoms with Gasteiger partial charge in [-0.15, -0.1) is 0 Å². The Balaban J connectivity index is 1.84. The second kappa shape index (κ2) is 7.66. The second-order valence-corrected chi connectivity index (χ2v) is 7.65. The van der Waals surface area contributed by atoms with Crippen LogP contribution in [-0.2, 0) is 26.1 Å². The average Bonchev–Trinajstić information content (AvgIpc) is 2.59. The number of nitrogens with zero attached hydrogens (tertiary/aromatic N) is 1. The molecule has 0 saturated carbocycles. The number of benzene rings is 1. The molecule has 0 N–H and O–H groups in total. The van der Waals surface area contributed by atoms with Gasteiger partial charge in [-0.2, -0.15) is 0 Å². The highest BCUT2D eigenvalue weighted by Gasteiger charge is 2.35. The first-order valence-electron chi connectivity index (χ1n) is 8.77. The number of likely N-dealkylation sites (tertiary alicyclic amines) is 1. The molecule has 0 radical (unpaired) electrons. The van der Waals surface area contributed by atoms with Crippen molar-refractivity contribution in [1.29, 1.82) is 0 Å². The Morgan fingerprint density at radius 1 is 1.08 bits per heavy atom. The van der Waals surface area contributed by atoms with Crippen LogP contribution in [0.3, 0.4) is 0 Å². The van der Waals surface area contributed by atoms with Gasteiger partial charge in [0.05, 0.1) is 0 Å². The number of aryl methyl sites for hydroxylation is 1. The summed E-state index contributed by atoms with van der Waals surface area (Å²) in [5.41, 5.74) is 2.71. The fraction of sp³-hybridized carbons (Fsp3) is 0.650. The van der Waals surface area contributed by atoms with Crippen LogP contribution in [0.5, 0.6) is 0 Å². The summed E-state index contributed by atoms with van der Waals surface area (Å²) < 4.78 is 10.9. The van der Waals surface area contributed by atoms with E-state index in [1.807, 2.05) is 4.90 Å². The third-order valence-corrected chi connectivity index (χ3v) is 5.07. The summed E-state index contributed by atoms with van der Waals surface area (Å²) in [5, 5.41) is 0. The number of piperidine rings is 1. The van der Waals surface area contributed by atoms with Crippen molar-refractivity contribution in [3.63, 3.8) is 0 Å². The predicted octanol–water partition coefficient (Wildman–Crippen LogP) is 3.53. The SMILES string of the molecule is COC1(OC)CCN(C(=O)CCc2ccc(C(C)(C)C)cc2)CC1. The predicted molar refractivity (Wildman–Crippen MR) is 96.0 cm³/mol. The molecule has 24 heavy (non-hydrogen) atoms. The molecule has 4 heteroatoms. The lowest BCUT2D eigenvalue weighted by Crippen LogP contribution is -2.48. The molecule has 2 rings (SSSR count). The van der Waals surface area contributed by atoms with Gasteiger partial charge in [-0.1, -0.05) is 45.0 Å². The van der Waals surface area contributed by atoms with E-state index < -0.39 is 5.79 Å². The van der Waals surface area contributed by atoms with Gasteiger partial charge in [-0.05, 0) is 23.0 Å². The molecule has 1 aromatic rings. The van der Waals surface area contributed by atoms with Gasteiger partial charge in [0.15, 0.2) is 5.79 Å². The summed E-state index contributed by atoms with van der Waals surface area (Å²) in [6.45, 7) is 8.03. The van der Waals surface area contributed by atoms with Crippen molar-refractivity contribution in [3.05, 3.63) is 35.4 Å². The van der Waals surface area contributed by atoms with Gasteiger partial charge < -0.3 is 14.4 Å². The van der Waals surface area contributed by atoms with Crippen LogP contribution in [0.2, 0.25) is 0 Å². The van der Waals surface area contributed by atoms with Crippen LogP contribution in [0.15, 0.2) is 24.3 Å². The first-order valence-corrected chi connectivity index (χ1v) is 8.77. The highest BCUT2D eigenvalue weighted by Crippen LogP contribution is 2.27. The summed E-state index contributed by atoms with van der Waals surface area (Å²) in [4.78, 5) is 14.4. The van der Waals surface area contributed by atoms with E-state index in [-0.39, 0.29) is 11.3 Å². The van der Waals surface area contributed by atoms with E-state index in [0.29, 0.717) is 19.5 Å². The monoisotopic (exact) mass is 333 g/mol. The fourth-order valence-electron chi connectivity index (χ4n) is 3.17. The Hall–Kier alpha value is -1.39. The fourth-order valence-corrected chi connectivity index (χ4v) is 3.17. The van der Waals surface area contributed by atoms with Crippen molar-refractivity contribution in [1.82, 2.24) is 4.90 Å². The first-order chi connectivity index (χ1) is 11.3. The molecule has 0 aliphatic carbocycles. The quantitative estimate of drug-likeness (QED) is 0.774. The lowest BCUT2D eigenvalue weighted by atomic mass is 9.86. The number of amides is 1. The molecule has 1 saturated heterocycles. The van der Waals surface area contributed by atoms with E-state index >= 15 is 0 Å². The lowest BCUT2D eigenvalue weighted by Gasteiger charge is -2.39. The molecule has 1 heterocycles. The molecular weight excluding hydrogens is 302 g/mol. The van der Waals surface area contributed by atoms with Gasteiger partial charge >= 0.3 is 0 Å². The Morgan fingerprint density at radius 2 is 1.62 bits per heavy atom. The standard InChI is InChI=1S/C20H31NO3/c1-19(2,3)17-9-6-16(7-10-17)8-11-18(22)21-14-12-20(23-4,24-5)13-15-21/h6-7,9-10H,8,11-15H2,1-5H3. The minimum Gasteiger partial charge on any atom is -0.353 e. The van der Waals surface area contributed by atoms with Gasteiger partial charge in [0.2, 0.25) is 5.91 Å². The first kappa shape index (κ1) is 18.9. The van der Waals surface area contributed by atoms with Gasteiger partial charge in [-0.3, -0.25) is 4.79 Å². The van der Waals surface area contributed by atoms with Crippen molar-refractivity contribution in [2.75, 3.05) is 27.3 Å². The van der Waals surface area contributed by atoms with Gasteiger partial charge in [0.25, 0.3) is 0 Å². The summed E-state index contributed by atoms with van der Waals surface area (Å²) in [6.07, 6.45) is 2.80. The third kappa shape index (κ3) is 4.58. The molecule has 0 atom stereocenters. The Kier molecular flexibility index (Phi) is 6.05. The van der Waals surface area contributed by atoms with Crippen LogP contribution in [0, 0.1) is 0 Å². The topological polar surface area (TPSA) is 38.8 Å². The molecule has 1 aliphatic heterocycles. The minimum absolute atomic E-state index is 0.164. The number of carbonyl (C=O) groups excluding carboxylic acids is 1. The van der Waals surface area contributed by atoms with Crippen molar-refractivity contribution in [2.45, 2.75) is 57.7 Å².